The SMILES string of the molecule is Clc1ccccc1-c1csc(Br)n1. The van der Waals surface area contributed by atoms with Crippen LogP contribution in [0.1, 0.15) is 0 Å². The van der Waals surface area contributed by atoms with Crippen LogP contribution in [-0.2, 0) is 0 Å². The molecule has 0 amide bonds. The Morgan fingerprint density at radius 1 is 1.31 bits per heavy atom. The molecule has 0 aliphatic rings. The van der Waals surface area contributed by atoms with Crippen LogP contribution in [0.2, 0.25) is 5.02 Å². The summed E-state index contributed by atoms with van der Waals surface area (Å²) in [6.07, 6.45) is 0. The van der Waals surface area contributed by atoms with Gasteiger partial charge in [-0.2, -0.15) is 0 Å². The van der Waals surface area contributed by atoms with Gasteiger partial charge in [0.15, 0.2) is 3.92 Å². The van der Waals surface area contributed by atoms with Gasteiger partial charge in [-0.15, -0.1) is 11.3 Å². The molecule has 0 fully saturated rings. The van der Waals surface area contributed by atoms with Gasteiger partial charge in [0.2, 0.25) is 0 Å². The number of halogens is 2. The van der Waals surface area contributed by atoms with Crippen molar-refractivity contribution in [3.05, 3.63) is 38.6 Å². The number of thiazole rings is 1. The third-order valence-electron chi connectivity index (χ3n) is 1.63. The van der Waals surface area contributed by atoms with Crippen LogP contribution in [0.15, 0.2) is 33.6 Å². The molecule has 0 spiro atoms. The molecule has 0 saturated carbocycles. The Labute approximate surface area is 93.5 Å². The lowest BCUT2D eigenvalue weighted by Crippen LogP contribution is -1.77. The number of nitrogens with zero attached hydrogens (tertiary/aromatic N) is 1. The zero-order valence-corrected chi connectivity index (χ0v) is 9.66. The van der Waals surface area contributed by atoms with Gasteiger partial charge in [-0.3, -0.25) is 0 Å². The summed E-state index contributed by atoms with van der Waals surface area (Å²) in [6.45, 7) is 0. The molecule has 2 aromatic rings. The minimum atomic E-state index is 0.736. The molecule has 4 heteroatoms. The Morgan fingerprint density at radius 2 is 2.08 bits per heavy atom. The second-order valence-corrected chi connectivity index (χ2v) is 5.01. The van der Waals surface area contributed by atoms with Crippen LogP contribution in [0.3, 0.4) is 0 Å². The number of aromatic nitrogens is 1. The van der Waals surface area contributed by atoms with E-state index in [2.05, 4.69) is 20.9 Å². The van der Waals surface area contributed by atoms with Gasteiger partial charge < -0.3 is 0 Å². The molecule has 0 bridgehead atoms. The lowest BCUT2D eigenvalue weighted by atomic mass is 10.2. The molecule has 1 aromatic heterocycles. The van der Waals surface area contributed by atoms with Gasteiger partial charge in [-0.05, 0) is 22.0 Å². The summed E-state index contributed by atoms with van der Waals surface area (Å²) in [5.41, 5.74) is 1.90. The van der Waals surface area contributed by atoms with Crippen molar-refractivity contribution in [3.8, 4) is 11.3 Å². The van der Waals surface area contributed by atoms with E-state index >= 15 is 0 Å². The van der Waals surface area contributed by atoms with Crippen molar-refractivity contribution < 1.29 is 0 Å². The van der Waals surface area contributed by atoms with E-state index in [0.29, 0.717) is 0 Å². The van der Waals surface area contributed by atoms with Gasteiger partial charge in [-0.1, -0.05) is 29.8 Å². The van der Waals surface area contributed by atoms with E-state index in [1.54, 1.807) is 11.3 Å². The molecule has 0 saturated heterocycles. The van der Waals surface area contributed by atoms with Crippen LogP contribution in [0.25, 0.3) is 11.3 Å². The van der Waals surface area contributed by atoms with E-state index in [1.807, 2.05) is 29.6 Å². The quantitative estimate of drug-likeness (QED) is 0.758. The highest BCUT2D eigenvalue weighted by Gasteiger charge is 2.05. The van der Waals surface area contributed by atoms with Crippen molar-refractivity contribution >= 4 is 38.9 Å². The van der Waals surface area contributed by atoms with Crippen molar-refractivity contribution in [2.45, 2.75) is 0 Å². The summed E-state index contributed by atoms with van der Waals surface area (Å²) >= 11 is 10.9. The molecular formula is C9H5BrClNS. The summed E-state index contributed by atoms with van der Waals surface area (Å²) in [5.74, 6) is 0. The fourth-order valence-electron chi connectivity index (χ4n) is 1.04. The number of hydrogen-bond donors (Lipinski definition) is 0. The summed E-state index contributed by atoms with van der Waals surface area (Å²) in [6, 6.07) is 7.69. The number of hydrogen-bond acceptors (Lipinski definition) is 2. The Balaban J connectivity index is 2.52. The van der Waals surface area contributed by atoms with E-state index < -0.39 is 0 Å². The first-order valence-corrected chi connectivity index (χ1v) is 5.68. The summed E-state index contributed by atoms with van der Waals surface area (Å²) < 4.78 is 0.877. The lowest BCUT2D eigenvalue weighted by molar-refractivity contribution is 1.37. The van der Waals surface area contributed by atoms with E-state index in [1.165, 1.54) is 0 Å². The maximum Gasteiger partial charge on any atom is 0.159 e. The summed E-state index contributed by atoms with van der Waals surface area (Å²) in [7, 11) is 0. The Kier molecular flexibility index (Phi) is 2.67. The summed E-state index contributed by atoms with van der Waals surface area (Å²) in [4.78, 5) is 4.29. The Bertz CT molecular complexity index is 427. The molecule has 0 atom stereocenters. The van der Waals surface area contributed by atoms with E-state index in [0.717, 1.165) is 20.2 Å². The fourth-order valence-corrected chi connectivity index (χ4v) is 2.29. The maximum atomic E-state index is 6.02. The Morgan fingerprint density at radius 3 is 2.69 bits per heavy atom. The molecule has 2 rings (SSSR count). The zero-order valence-electron chi connectivity index (χ0n) is 6.50. The van der Waals surface area contributed by atoms with Gasteiger partial charge >= 0.3 is 0 Å². The minimum absolute atomic E-state index is 0.736. The highest BCUT2D eigenvalue weighted by molar-refractivity contribution is 9.11. The Hall–Kier alpha value is -0.380. The van der Waals surface area contributed by atoms with Crippen molar-refractivity contribution in [1.82, 2.24) is 4.98 Å². The molecule has 66 valence electrons. The first kappa shape index (κ1) is 9.19. The highest BCUT2D eigenvalue weighted by Crippen LogP contribution is 2.29. The normalized spacial score (nSPS) is 10.3. The average molecular weight is 275 g/mol. The maximum absolute atomic E-state index is 6.02. The van der Waals surface area contributed by atoms with Crippen LogP contribution < -0.4 is 0 Å². The van der Waals surface area contributed by atoms with Crippen LogP contribution in [0, 0.1) is 0 Å². The second kappa shape index (κ2) is 3.78. The molecule has 0 radical (unpaired) electrons. The molecule has 0 aliphatic heterocycles. The minimum Gasteiger partial charge on any atom is -0.229 e. The van der Waals surface area contributed by atoms with E-state index in [-0.39, 0.29) is 0 Å². The first-order valence-electron chi connectivity index (χ1n) is 3.63. The lowest BCUT2D eigenvalue weighted by Gasteiger charge is -1.97. The smallest absolute Gasteiger partial charge is 0.159 e. The van der Waals surface area contributed by atoms with Crippen LogP contribution in [-0.4, -0.2) is 4.98 Å². The average Bonchev–Trinajstić information content (AvgIpc) is 2.53. The van der Waals surface area contributed by atoms with Gasteiger partial charge in [0.1, 0.15) is 0 Å². The van der Waals surface area contributed by atoms with Crippen molar-refractivity contribution in [1.29, 1.82) is 0 Å². The zero-order chi connectivity index (χ0) is 9.26. The van der Waals surface area contributed by atoms with Gasteiger partial charge in [0.25, 0.3) is 0 Å². The predicted molar refractivity (Wildman–Crippen MR) is 60.3 cm³/mol. The molecule has 0 N–H and O–H groups in total. The largest absolute Gasteiger partial charge is 0.229 e. The van der Waals surface area contributed by atoms with E-state index in [9.17, 15) is 0 Å². The monoisotopic (exact) mass is 273 g/mol. The molecule has 13 heavy (non-hydrogen) atoms. The van der Waals surface area contributed by atoms with E-state index in [4.69, 9.17) is 11.6 Å². The second-order valence-electron chi connectivity index (χ2n) is 2.47. The van der Waals surface area contributed by atoms with Crippen molar-refractivity contribution in [2.24, 2.45) is 0 Å². The molecule has 1 heterocycles. The van der Waals surface area contributed by atoms with Crippen LogP contribution >= 0.6 is 38.9 Å². The van der Waals surface area contributed by atoms with Gasteiger partial charge in [-0.25, -0.2) is 4.98 Å². The third kappa shape index (κ3) is 1.93. The molecule has 0 aliphatic carbocycles. The molecule has 1 aromatic carbocycles. The highest BCUT2D eigenvalue weighted by atomic mass is 79.9. The first-order chi connectivity index (χ1) is 6.27. The topological polar surface area (TPSA) is 12.9 Å². The van der Waals surface area contributed by atoms with Gasteiger partial charge in [0, 0.05) is 16.0 Å². The van der Waals surface area contributed by atoms with Crippen LogP contribution in [0.5, 0.6) is 0 Å². The fraction of sp³-hybridized carbons (Fsp3) is 0. The molecular weight excluding hydrogens is 270 g/mol. The number of benzene rings is 1. The number of rotatable bonds is 1. The van der Waals surface area contributed by atoms with Gasteiger partial charge in [0.05, 0.1) is 5.69 Å². The van der Waals surface area contributed by atoms with Crippen molar-refractivity contribution in [2.75, 3.05) is 0 Å². The molecule has 1 nitrogen and oxygen atoms in total. The summed E-state index contributed by atoms with van der Waals surface area (Å²) in [5, 5.41) is 2.71. The van der Waals surface area contributed by atoms with Crippen molar-refractivity contribution in [3.63, 3.8) is 0 Å². The third-order valence-corrected chi connectivity index (χ3v) is 3.32. The molecule has 0 unspecified atom stereocenters. The predicted octanol–water partition coefficient (Wildman–Crippen LogP) is 4.23. The van der Waals surface area contributed by atoms with Crippen LogP contribution in [0.4, 0.5) is 0 Å². The standard InChI is InChI=1S/C9H5BrClNS/c10-9-12-8(5-13-9)6-3-1-2-4-7(6)11/h1-5H.